The van der Waals surface area contributed by atoms with Gasteiger partial charge in [0.1, 0.15) is 6.10 Å². The van der Waals surface area contributed by atoms with Crippen molar-refractivity contribution in [2.24, 2.45) is 4.99 Å². The number of thioether (sulfide) groups is 1. The van der Waals surface area contributed by atoms with E-state index in [9.17, 15) is 4.79 Å². The third kappa shape index (κ3) is 5.88. The first kappa shape index (κ1) is 21.0. The van der Waals surface area contributed by atoms with E-state index < -0.39 is 0 Å². The molecule has 2 saturated heterocycles. The van der Waals surface area contributed by atoms with Gasteiger partial charge in [0.05, 0.1) is 0 Å². The van der Waals surface area contributed by atoms with Crippen LogP contribution in [0.1, 0.15) is 24.0 Å². The molecule has 0 bridgehead atoms. The van der Waals surface area contributed by atoms with Crippen molar-refractivity contribution in [3.8, 4) is 0 Å². The number of benzene rings is 1. The van der Waals surface area contributed by atoms with Crippen LogP contribution in [0.4, 0.5) is 0 Å². The van der Waals surface area contributed by atoms with Crippen LogP contribution in [0, 0.1) is 6.92 Å². The van der Waals surface area contributed by atoms with E-state index in [1.54, 1.807) is 0 Å². The molecular formula is C21H32N4O2S. The second kappa shape index (κ2) is 10.7. The van der Waals surface area contributed by atoms with Crippen molar-refractivity contribution in [2.75, 3.05) is 52.1 Å². The summed E-state index contributed by atoms with van der Waals surface area (Å²) < 4.78 is 5.53. The quantitative estimate of drug-likeness (QED) is 0.447. The topological polar surface area (TPSA) is 57.2 Å². The predicted molar refractivity (Wildman–Crippen MR) is 116 cm³/mol. The Bertz CT molecular complexity index is 651. The van der Waals surface area contributed by atoms with Gasteiger partial charge in [0.25, 0.3) is 5.91 Å². The number of carbonyl (C=O) groups excluding carboxylic acids is 1. The van der Waals surface area contributed by atoms with Crippen LogP contribution in [0.2, 0.25) is 0 Å². The van der Waals surface area contributed by atoms with E-state index in [2.05, 4.69) is 46.4 Å². The van der Waals surface area contributed by atoms with Crippen LogP contribution in [0.25, 0.3) is 0 Å². The highest BCUT2D eigenvalue weighted by atomic mass is 32.2. The van der Waals surface area contributed by atoms with Crippen molar-refractivity contribution >= 4 is 23.6 Å². The van der Waals surface area contributed by atoms with Crippen molar-refractivity contribution < 1.29 is 9.53 Å². The number of aliphatic imine (C=N–C) groups is 1. The molecule has 2 fully saturated rings. The third-order valence-corrected chi connectivity index (χ3v) is 6.26. The number of carbonyl (C=O) groups is 1. The smallest absolute Gasteiger partial charge is 0.251 e. The molecule has 154 valence electrons. The van der Waals surface area contributed by atoms with E-state index in [-0.39, 0.29) is 12.0 Å². The first-order valence-corrected chi connectivity index (χ1v) is 11.3. The fourth-order valence-corrected chi connectivity index (χ4v) is 4.38. The summed E-state index contributed by atoms with van der Waals surface area (Å²) in [5, 5.41) is 3.46. The van der Waals surface area contributed by atoms with Gasteiger partial charge in [-0.3, -0.25) is 9.79 Å². The fourth-order valence-electron chi connectivity index (χ4n) is 3.56. The van der Waals surface area contributed by atoms with Gasteiger partial charge in [-0.05, 0) is 25.3 Å². The minimum Gasteiger partial charge on any atom is -0.368 e. The Morgan fingerprint density at radius 1 is 1.21 bits per heavy atom. The number of piperazine rings is 1. The molecule has 1 aromatic carbocycles. The summed E-state index contributed by atoms with van der Waals surface area (Å²) in [4.78, 5) is 21.1. The highest BCUT2D eigenvalue weighted by molar-refractivity contribution is 7.98. The van der Waals surface area contributed by atoms with Gasteiger partial charge in [-0.25, -0.2) is 0 Å². The number of rotatable bonds is 6. The Morgan fingerprint density at radius 3 is 2.57 bits per heavy atom. The first-order valence-electron chi connectivity index (χ1n) is 10.2. The van der Waals surface area contributed by atoms with Gasteiger partial charge >= 0.3 is 0 Å². The van der Waals surface area contributed by atoms with Crippen molar-refractivity contribution in [3.05, 3.63) is 35.4 Å². The Labute approximate surface area is 172 Å². The summed E-state index contributed by atoms with van der Waals surface area (Å²) in [5.41, 5.74) is 2.67. The molecule has 2 aliphatic rings. The van der Waals surface area contributed by atoms with E-state index in [1.165, 1.54) is 11.1 Å². The first-order chi connectivity index (χ1) is 13.7. The van der Waals surface area contributed by atoms with Crippen LogP contribution in [0.15, 0.2) is 29.3 Å². The average Bonchev–Trinajstić information content (AvgIpc) is 3.27. The van der Waals surface area contributed by atoms with Gasteiger partial charge in [-0.15, -0.1) is 0 Å². The molecule has 0 spiro atoms. The molecule has 3 rings (SSSR count). The maximum absolute atomic E-state index is 12.5. The molecule has 0 aromatic heterocycles. The van der Waals surface area contributed by atoms with Gasteiger partial charge in [0, 0.05) is 57.9 Å². The van der Waals surface area contributed by atoms with Gasteiger partial charge in [0.15, 0.2) is 5.96 Å². The highest BCUT2D eigenvalue weighted by Crippen LogP contribution is 2.16. The van der Waals surface area contributed by atoms with Gasteiger partial charge in [-0.2, -0.15) is 11.8 Å². The number of guanidine groups is 1. The van der Waals surface area contributed by atoms with Crippen LogP contribution < -0.4 is 5.32 Å². The lowest BCUT2D eigenvalue weighted by atomic mass is 10.2. The minimum atomic E-state index is -0.213. The minimum absolute atomic E-state index is 0.160. The number of nitrogens with one attached hydrogen (secondary N) is 1. The summed E-state index contributed by atoms with van der Waals surface area (Å²) in [6.45, 7) is 6.82. The van der Waals surface area contributed by atoms with Gasteiger partial charge in [-0.1, -0.05) is 29.8 Å². The maximum Gasteiger partial charge on any atom is 0.251 e. The van der Waals surface area contributed by atoms with Crippen molar-refractivity contribution in [1.82, 2.24) is 15.1 Å². The largest absolute Gasteiger partial charge is 0.368 e. The summed E-state index contributed by atoms with van der Waals surface area (Å²) in [5.74, 6) is 3.15. The Morgan fingerprint density at radius 2 is 1.93 bits per heavy atom. The summed E-state index contributed by atoms with van der Waals surface area (Å²) in [6, 6.07) is 8.73. The Hall–Kier alpha value is -1.73. The SMILES string of the molecule is CN=C(NCCSCc1ccc(C)cc1)N1CCN(C(=O)C2CCCO2)CC1. The Kier molecular flexibility index (Phi) is 8.03. The van der Waals surface area contributed by atoms with E-state index in [1.807, 2.05) is 23.7 Å². The highest BCUT2D eigenvalue weighted by Gasteiger charge is 2.30. The predicted octanol–water partition coefficient (Wildman–Crippen LogP) is 2.13. The molecule has 1 amide bonds. The number of amides is 1. The van der Waals surface area contributed by atoms with Crippen LogP contribution in [0.5, 0.6) is 0 Å². The van der Waals surface area contributed by atoms with Gasteiger partial charge in [0.2, 0.25) is 0 Å². The molecule has 2 heterocycles. The monoisotopic (exact) mass is 404 g/mol. The average molecular weight is 405 g/mol. The summed E-state index contributed by atoms with van der Waals surface area (Å²) in [6.07, 6.45) is 1.65. The summed E-state index contributed by atoms with van der Waals surface area (Å²) in [7, 11) is 1.83. The normalized spacial score (nSPS) is 20.5. The fraction of sp³-hybridized carbons (Fsp3) is 0.619. The maximum atomic E-state index is 12.5. The molecule has 6 nitrogen and oxygen atoms in total. The molecule has 7 heteroatoms. The van der Waals surface area contributed by atoms with E-state index >= 15 is 0 Å². The van der Waals surface area contributed by atoms with Crippen LogP contribution in [0.3, 0.4) is 0 Å². The lowest BCUT2D eigenvalue weighted by molar-refractivity contribution is -0.142. The zero-order valence-electron chi connectivity index (χ0n) is 17.0. The second-order valence-electron chi connectivity index (χ2n) is 7.33. The lowest BCUT2D eigenvalue weighted by Crippen LogP contribution is -2.55. The molecule has 0 aliphatic carbocycles. The zero-order chi connectivity index (χ0) is 19.8. The van der Waals surface area contributed by atoms with Gasteiger partial charge < -0.3 is 19.9 Å². The molecule has 1 N–H and O–H groups in total. The molecule has 0 saturated carbocycles. The zero-order valence-corrected chi connectivity index (χ0v) is 17.8. The molecular weight excluding hydrogens is 372 g/mol. The molecule has 1 aromatic rings. The van der Waals surface area contributed by atoms with E-state index in [0.717, 1.165) is 69.6 Å². The number of aryl methyl sites for hydroxylation is 1. The number of hydrogen-bond acceptors (Lipinski definition) is 4. The van der Waals surface area contributed by atoms with Crippen LogP contribution in [-0.4, -0.2) is 79.9 Å². The molecule has 1 unspecified atom stereocenters. The lowest BCUT2D eigenvalue weighted by Gasteiger charge is -2.37. The molecule has 2 aliphatic heterocycles. The molecule has 0 radical (unpaired) electrons. The number of ether oxygens (including phenoxy) is 1. The number of hydrogen-bond donors (Lipinski definition) is 1. The molecule has 1 atom stereocenters. The third-order valence-electron chi connectivity index (χ3n) is 5.23. The molecule has 28 heavy (non-hydrogen) atoms. The Balaban J connectivity index is 1.34. The van der Waals surface area contributed by atoms with Crippen LogP contribution in [-0.2, 0) is 15.3 Å². The van der Waals surface area contributed by atoms with Crippen molar-refractivity contribution in [1.29, 1.82) is 0 Å². The van der Waals surface area contributed by atoms with Crippen LogP contribution >= 0.6 is 11.8 Å². The standard InChI is InChI=1S/C21H32N4O2S/c1-17-5-7-18(8-6-17)16-28-15-9-23-21(22-2)25-12-10-24(11-13-25)20(26)19-4-3-14-27-19/h5-8,19H,3-4,9-16H2,1-2H3,(H,22,23). The second-order valence-corrected chi connectivity index (χ2v) is 8.43. The van der Waals surface area contributed by atoms with Crippen molar-refractivity contribution in [3.63, 3.8) is 0 Å². The number of nitrogens with zero attached hydrogens (tertiary/aromatic N) is 3. The van der Waals surface area contributed by atoms with E-state index in [0.29, 0.717) is 0 Å². The summed E-state index contributed by atoms with van der Waals surface area (Å²) >= 11 is 1.93. The van der Waals surface area contributed by atoms with Crippen molar-refractivity contribution in [2.45, 2.75) is 31.6 Å². The van der Waals surface area contributed by atoms with E-state index in [4.69, 9.17) is 4.74 Å².